The van der Waals surface area contributed by atoms with Gasteiger partial charge in [0.1, 0.15) is 0 Å². The summed E-state index contributed by atoms with van der Waals surface area (Å²) in [6.07, 6.45) is 8.94. The molecule has 1 unspecified atom stereocenters. The summed E-state index contributed by atoms with van der Waals surface area (Å²) >= 11 is 0. The van der Waals surface area contributed by atoms with Gasteiger partial charge in [0, 0.05) is 19.4 Å². The maximum atomic E-state index is 12.3. The van der Waals surface area contributed by atoms with Crippen LogP contribution in [0, 0.1) is 13.8 Å². The number of aliphatic carboxylic acids is 1. The van der Waals surface area contributed by atoms with Crippen LogP contribution in [0.4, 0.5) is 0 Å². The minimum absolute atomic E-state index is 0.0588. The molecule has 29 heavy (non-hydrogen) atoms. The summed E-state index contributed by atoms with van der Waals surface area (Å²) in [7, 11) is 0. The highest BCUT2D eigenvalue weighted by Crippen LogP contribution is 2.20. The number of rotatable bonds is 10. The van der Waals surface area contributed by atoms with Crippen molar-refractivity contribution in [1.29, 1.82) is 0 Å². The highest BCUT2D eigenvalue weighted by Gasteiger charge is 2.25. The van der Waals surface area contributed by atoms with Crippen LogP contribution < -0.4 is 0 Å². The fourth-order valence-corrected chi connectivity index (χ4v) is 3.58. The number of carbonyl (C=O) groups excluding carboxylic acids is 1. The van der Waals surface area contributed by atoms with Gasteiger partial charge in [0.05, 0.1) is 31.4 Å². The van der Waals surface area contributed by atoms with Gasteiger partial charge in [-0.05, 0) is 38.3 Å². The van der Waals surface area contributed by atoms with Gasteiger partial charge in [-0.25, -0.2) is 0 Å². The molecule has 0 aliphatic carbocycles. The Balaban J connectivity index is 1.90. The van der Waals surface area contributed by atoms with E-state index in [1.807, 2.05) is 19.9 Å². The monoisotopic (exact) mass is 401 g/mol. The van der Waals surface area contributed by atoms with E-state index in [4.69, 9.17) is 9.84 Å². The van der Waals surface area contributed by atoms with Gasteiger partial charge in [-0.1, -0.05) is 41.5 Å². The Bertz CT molecular complexity index is 735. The number of aliphatic hydroxyl groups excluding tert-OH is 1. The van der Waals surface area contributed by atoms with Crippen LogP contribution in [0.5, 0.6) is 0 Å². The second kappa shape index (κ2) is 11.4. The molecule has 1 aromatic carbocycles. The number of hydrogen-bond acceptors (Lipinski definition) is 4. The van der Waals surface area contributed by atoms with Crippen molar-refractivity contribution in [2.75, 3.05) is 13.2 Å². The Morgan fingerprint density at radius 2 is 2.03 bits per heavy atom. The van der Waals surface area contributed by atoms with Crippen LogP contribution >= 0.6 is 0 Å². The van der Waals surface area contributed by atoms with Gasteiger partial charge >= 0.3 is 5.97 Å². The number of carbonyl (C=O) groups is 2. The highest BCUT2D eigenvalue weighted by atomic mass is 16.5. The van der Waals surface area contributed by atoms with Crippen molar-refractivity contribution in [3.05, 3.63) is 59.4 Å². The van der Waals surface area contributed by atoms with Crippen molar-refractivity contribution < 1.29 is 24.5 Å². The lowest BCUT2D eigenvalue weighted by Crippen LogP contribution is -2.42. The third-order valence-electron chi connectivity index (χ3n) is 4.82. The van der Waals surface area contributed by atoms with E-state index in [0.29, 0.717) is 19.4 Å². The first-order chi connectivity index (χ1) is 13.8. The highest BCUT2D eigenvalue weighted by molar-refractivity contribution is 5.77. The van der Waals surface area contributed by atoms with Crippen LogP contribution in [0.25, 0.3) is 0 Å². The molecule has 1 aliphatic heterocycles. The topological polar surface area (TPSA) is 87.1 Å². The second-order valence-corrected chi connectivity index (χ2v) is 7.54. The van der Waals surface area contributed by atoms with Crippen molar-refractivity contribution in [1.82, 2.24) is 4.90 Å². The summed E-state index contributed by atoms with van der Waals surface area (Å²) in [5.41, 5.74) is 3.45. The average Bonchev–Trinajstić information content (AvgIpc) is 2.63. The number of ether oxygens (including phenoxy) is 1. The van der Waals surface area contributed by atoms with E-state index >= 15 is 0 Å². The lowest BCUT2D eigenvalue weighted by atomic mass is 9.99. The minimum Gasteiger partial charge on any atom is -0.501 e. The maximum absolute atomic E-state index is 12.3. The predicted molar refractivity (Wildman–Crippen MR) is 111 cm³/mol. The van der Waals surface area contributed by atoms with E-state index in [0.717, 1.165) is 18.4 Å². The van der Waals surface area contributed by atoms with Gasteiger partial charge in [0.25, 0.3) is 0 Å². The smallest absolute Gasteiger partial charge is 0.306 e. The van der Waals surface area contributed by atoms with Crippen LogP contribution in [0.1, 0.15) is 42.4 Å². The standard InChI is InChI=1S/C23H31NO5/c1-17-13-18(2)15-19(14-17)16-21(25)8-7-20-5-3-6-22(26)24(20)10-4-11-29-12-9-23(27)28/h4,7-8,11,13-15,20-21,25H,3,5-6,9-10,12,16H2,1-2H3,(H,27,28)/b8-7+,11-4-/t20-,21?/m1/s1. The molecule has 1 saturated heterocycles. The number of aliphatic hydroxyl groups is 1. The Labute approximate surface area is 172 Å². The molecule has 0 aromatic heterocycles. The molecule has 2 rings (SSSR count). The van der Waals surface area contributed by atoms with E-state index < -0.39 is 12.1 Å². The first kappa shape index (κ1) is 22.7. The van der Waals surface area contributed by atoms with Crippen molar-refractivity contribution in [2.45, 2.75) is 58.1 Å². The molecule has 6 nitrogen and oxygen atoms in total. The number of likely N-dealkylation sites (tertiary alicyclic amines) is 1. The van der Waals surface area contributed by atoms with Gasteiger partial charge in [-0.2, -0.15) is 0 Å². The summed E-state index contributed by atoms with van der Waals surface area (Å²) in [4.78, 5) is 24.5. The number of piperidine rings is 1. The molecule has 1 fully saturated rings. The maximum Gasteiger partial charge on any atom is 0.306 e. The average molecular weight is 402 g/mol. The van der Waals surface area contributed by atoms with Gasteiger partial charge in [0.15, 0.2) is 0 Å². The SMILES string of the molecule is Cc1cc(C)cc(CC(O)/C=C/[C@H]2CCCC(=O)N2C/C=C\OCCC(=O)O)c1. The Morgan fingerprint density at radius 1 is 1.31 bits per heavy atom. The summed E-state index contributed by atoms with van der Waals surface area (Å²) < 4.78 is 5.13. The molecule has 0 bridgehead atoms. The number of amides is 1. The van der Waals surface area contributed by atoms with Crippen LogP contribution in [0.15, 0.2) is 42.7 Å². The van der Waals surface area contributed by atoms with Crippen LogP contribution in [-0.4, -0.2) is 52.3 Å². The normalized spacial score (nSPS) is 18.5. The fraction of sp³-hybridized carbons (Fsp3) is 0.478. The number of carboxylic acids is 1. The van der Waals surface area contributed by atoms with Crippen LogP contribution in [-0.2, 0) is 20.7 Å². The summed E-state index contributed by atoms with van der Waals surface area (Å²) in [6.45, 7) is 4.59. The molecule has 2 N–H and O–H groups in total. The van der Waals surface area contributed by atoms with Gasteiger partial charge in [0.2, 0.25) is 5.91 Å². The largest absolute Gasteiger partial charge is 0.501 e. The number of hydrogen-bond donors (Lipinski definition) is 2. The number of nitrogens with zero attached hydrogens (tertiary/aromatic N) is 1. The van der Waals surface area contributed by atoms with Crippen LogP contribution in [0.3, 0.4) is 0 Å². The lowest BCUT2D eigenvalue weighted by Gasteiger charge is -2.33. The number of aryl methyl sites for hydroxylation is 2. The zero-order chi connectivity index (χ0) is 21.2. The van der Waals surface area contributed by atoms with Gasteiger partial charge < -0.3 is 19.8 Å². The van der Waals surface area contributed by atoms with Crippen molar-refractivity contribution in [3.63, 3.8) is 0 Å². The molecule has 1 heterocycles. The number of benzene rings is 1. The van der Waals surface area contributed by atoms with E-state index in [-0.39, 0.29) is 25.0 Å². The molecule has 6 heteroatoms. The Hall–Kier alpha value is -2.60. The molecule has 0 radical (unpaired) electrons. The number of carboxylic acid groups (broad SMARTS) is 1. The molecule has 0 saturated carbocycles. The van der Waals surface area contributed by atoms with Gasteiger partial charge in [-0.3, -0.25) is 9.59 Å². The molecule has 1 aliphatic rings. The molecular formula is C23H31NO5. The summed E-state index contributed by atoms with van der Waals surface area (Å²) in [6, 6.07) is 6.20. The van der Waals surface area contributed by atoms with Gasteiger partial charge in [-0.15, -0.1) is 0 Å². The molecule has 0 spiro atoms. The van der Waals surface area contributed by atoms with Crippen molar-refractivity contribution in [3.8, 4) is 0 Å². The van der Waals surface area contributed by atoms with Crippen molar-refractivity contribution in [2.24, 2.45) is 0 Å². The fourth-order valence-electron chi connectivity index (χ4n) is 3.58. The molecule has 2 atom stereocenters. The third-order valence-corrected chi connectivity index (χ3v) is 4.82. The quantitative estimate of drug-likeness (QED) is 0.357. The zero-order valence-electron chi connectivity index (χ0n) is 17.2. The van der Waals surface area contributed by atoms with E-state index in [2.05, 4.69) is 18.2 Å². The molecule has 1 aromatic rings. The lowest BCUT2D eigenvalue weighted by molar-refractivity contribution is -0.137. The predicted octanol–water partition coefficient (Wildman–Crippen LogP) is 3.15. The zero-order valence-corrected chi connectivity index (χ0v) is 17.2. The first-order valence-electron chi connectivity index (χ1n) is 10.1. The third kappa shape index (κ3) is 8.11. The van der Waals surface area contributed by atoms with E-state index in [1.54, 1.807) is 17.1 Å². The second-order valence-electron chi connectivity index (χ2n) is 7.54. The van der Waals surface area contributed by atoms with E-state index in [9.17, 15) is 14.7 Å². The molecular weight excluding hydrogens is 370 g/mol. The molecule has 1 amide bonds. The van der Waals surface area contributed by atoms with E-state index in [1.165, 1.54) is 17.4 Å². The van der Waals surface area contributed by atoms with Crippen molar-refractivity contribution >= 4 is 11.9 Å². The summed E-state index contributed by atoms with van der Waals surface area (Å²) in [5.74, 6) is -0.834. The Kier molecular flexibility index (Phi) is 8.93. The van der Waals surface area contributed by atoms with Crippen LogP contribution in [0.2, 0.25) is 0 Å². The summed E-state index contributed by atoms with van der Waals surface area (Å²) in [5, 5.41) is 19.0. The first-order valence-corrected chi connectivity index (χ1v) is 10.1. The molecule has 158 valence electrons. The Morgan fingerprint density at radius 3 is 2.72 bits per heavy atom. The minimum atomic E-state index is -0.908.